The van der Waals surface area contributed by atoms with Crippen molar-refractivity contribution in [1.29, 1.82) is 0 Å². The Morgan fingerprint density at radius 3 is 2.25 bits per heavy atom. The average Bonchev–Trinajstić information content (AvgIpc) is 2.72. The Morgan fingerprint density at radius 2 is 1.61 bits per heavy atom. The zero-order chi connectivity index (χ0) is 19.8. The molecular formula is C22H27N3O3. The minimum atomic E-state index is -0.239. The smallest absolute Gasteiger partial charge is 0.410 e. The highest BCUT2D eigenvalue weighted by atomic mass is 16.6. The molecule has 1 saturated heterocycles. The van der Waals surface area contributed by atoms with Crippen molar-refractivity contribution in [3.05, 3.63) is 65.7 Å². The van der Waals surface area contributed by atoms with Crippen LogP contribution in [0.4, 0.5) is 10.5 Å². The van der Waals surface area contributed by atoms with Gasteiger partial charge in [-0.3, -0.25) is 9.69 Å². The number of carbonyl (C=O) groups excluding carboxylic acids is 2. The van der Waals surface area contributed by atoms with E-state index in [1.165, 1.54) is 12.5 Å². The molecule has 148 valence electrons. The van der Waals surface area contributed by atoms with E-state index in [0.717, 1.165) is 37.3 Å². The molecule has 1 aliphatic rings. The van der Waals surface area contributed by atoms with Gasteiger partial charge in [0.05, 0.1) is 0 Å². The van der Waals surface area contributed by atoms with Crippen LogP contribution in [0.2, 0.25) is 0 Å². The Morgan fingerprint density at radius 1 is 0.929 bits per heavy atom. The lowest BCUT2D eigenvalue weighted by Gasteiger charge is -2.34. The van der Waals surface area contributed by atoms with Gasteiger partial charge in [-0.05, 0) is 29.7 Å². The van der Waals surface area contributed by atoms with Crippen LogP contribution in [0.25, 0.3) is 0 Å². The summed E-state index contributed by atoms with van der Waals surface area (Å²) in [5.74, 6) is -0.0621. The third-order valence-corrected chi connectivity index (χ3v) is 4.83. The first-order valence-corrected chi connectivity index (χ1v) is 9.64. The van der Waals surface area contributed by atoms with Crippen molar-refractivity contribution in [3.8, 4) is 0 Å². The number of nitrogens with one attached hydrogen (secondary N) is 1. The Kier molecular flexibility index (Phi) is 7.03. The number of rotatable bonds is 6. The van der Waals surface area contributed by atoms with Crippen LogP contribution in [0.3, 0.4) is 0 Å². The Balaban J connectivity index is 1.36. The van der Waals surface area contributed by atoms with Crippen molar-refractivity contribution >= 4 is 17.7 Å². The predicted molar refractivity (Wildman–Crippen MR) is 109 cm³/mol. The number of amides is 2. The zero-order valence-electron chi connectivity index (χ0n) is 16.3. The highest BCUT2D eigenvalue weighted by Crippen LogP contribution is 2.12. The SMILES string of the molecule is CC(=O)Nc1ccc(CCN2CCN(C(=O)OCc3ccccc3)CC2)cc1. The van der Waals surface area contributed by atoms with Gasteiger partial charge in [0.1, 0.15) is 6.61 Å². The molecule has 0 bridgehead atoms. The van der Waals surface area contributed by atoms with E-state index in [4.69, 9.17) is 4.74 Å². The summed E-state index contributed by atoms with van der Waals surface area (Å²) in [6.45, 7) is 5.85. The van der Waals surface area contributed by atoms with E-state index in [9.17, 15) is 9.59 Å². The van der Waals surface area contributed by atoms with Crippen molar-refractivity contribution in [1.82, 2.24) is 9.80 Å². The van der Waals surface area contributed by atoms with Crippen LogP contribution in [-0.2, 0) is 22.6 Å². The number of benzene rings is 2. The van der Waals surface area contributed by atoms with E-state index in [-0.39, 0.29) is 12.0 Å². The topological polar surface area (TPSA) is 61.9 Å². The number of hydrogen-bond acceptors (Lipinski definition) is 4. The zero-order valence-corrected chi connectivity index (χ0v) is 16.3. The van der Waals surface area contributed by atoms with E-state index in [2.05, 4.69) is 10.2 Å². The van der Waals surface area contributed by atoms with Crippen molar-refractivity contribution in [3.63, 3.8) is 0 Å². The molecule has 0 unspecified atom stereocenters. The minimum Gasteiger partial charge on any atom is -0.445 e. The molecule has 1 fully saturated rings. The second-order valence-corrected chi connectivity index (χ2v) is 7.00. The van der Waals surface area contributed by atoms with E-state index < -0.39 is 0 Å². The third-order valence-electron chi connectivity index (χ3n) is 4.83. The first-order valence-electron chi connectivity index (χ1n) is 9.64. The van der Waals surface area contributed by atoms with Gasteiger partial charge < -0.3 is 15.0 Å². The molecule has 0 aliphatic carbocycles. The van der Waals surface area contributed by atoms with Gasteiger partial charge in [-0.2, -0.15) is 0 Å². The molecule has 2 aromatic carbocycles. The average molecular weight is 381 g/mol. The third kappa shape index (κ3) is 6.09. The number of nitrogens with zero attached hydrogens (tertiary/aromatic N) is 2. The van der Waals surface area contributed by atoms with Crippen LogP contribution in [0.1, 0.15) is 18.1 Å². The molecule has 1 aliphatic heterocycles. The Labute approximate surface area is 166 Å². The summed E-state index contributed by atoms with van der Waals surface area (Å²) in [5.41, 5.74) is 3.05. The van der Waals surface area contributed by atoms with Gasteiger partial charge in [0, 0.05) is 45.3 Å². The second-order valence-electron chi connectivity index (χ2n) is 7.00. The quantitative estimate of drug-likeness (QED) is 0.835. The molecule has 1 heterocycles. The molecule has 0 atom stereocenters. The first kappa shape index (κ1) is 19.9. The van der Waals surface area contributed by atoms with Crippen LogP contribution in [0, 0.1) is 0 Å². The van der Waals surface area contributed by atoms with Crippen molar-refractivity contribution < 1.29 is 14.3 Å². The molecular weight excluding hydrogens is 354 g/mol. The van der Waals surface area contributed by atoms with Gasteiger partial charge in [0.2, 0.25) is 5.91 Å². The molecule has 3 rings (SSSR count). The summed E-state index contributed by atoms with van der Waals surface area (Å²) in [5, 5.41) is 2.77. The van der Waals surface area contributed by atoms with Crippen LogP contribution in [-0.4, -0.2) is 54.5 Å². The number of anilines is 1. The normalized spacial score (nSPS) is 14.5. The van der Waals surface area contributed by atoms with Crippen LogP contribution >= 0.6 is 0 Å². The van der Waals surface area contributed by atoms with Gasteiger partial charge in [0.15, 0.2) is 0 Å². The van der Waals surface area contributed by atoms with E-state index in [1.807, 2.05) is 54.6 Å². The summed E-state index contributed by atoms with van der Waals surface area (Å²) in [6, 6.07) is 17.7. The van der Waals surface area contributed by atoms with Crippen molar-refractivity contribution in [2.75, 3.05) is 38.0 Å². The van der Waals surface area contributed by atoms with E-state index in [0.29, 0.717) is 19.7 Å². The lowest BCUT2D eigenvalue weighted by Crippen LogP contribution is -2.49. The highest BCUT2D eigenvalue weighted by molar-refractivity contribution is 5.88. The van der Waals surface area contributed by atoms with Crippen LogP contribution in [0.5, 0.6) is 0 Å². The maximum Gasteiger partial charge on any atom is 0.410 e. The van der Waals surface area contributed by atoms with Gasteiger partial charge >= 0.3 is 6.09 Å². The molecule has 0 radical (unpaired) electrons. The Bertz CT molecular complexity index is 769. The van der Waals surface area contributed by atoms with Crippen LogP contribution < -0.4 is 5.32 Å². The lowest BCUT2D eigenvalue weighted by molar-refractivity contribution is -0.114. The fraction of sp³-hybridized carbons (Fsp3) is 0.364. The largest absolute Gasteiger partial charge is 0.445 e. The van der Waals surface area contributed by atoms with Gasteiger partial charge in [0.25, 0.3) is 0 Å². The Hall–Kier alpha value is -2.86. The van der Waals surface area contributed by atoms with Gasteiger partial charge in [-0.1, -0.05) is 42.5 Å². The van der Waals surface area contributed by atoms with Crippen molar-refractivity contribution in [2.24, 2.45) is 0 Å². The maximum absolute atomic E-state index is 12.2. The van der Waals surface area contributed by atoms with E-state index >= 15 is 0 Å². The molecule has 2 aromatic rings. The van der Waals surface area contributed by atoms with Crippen molar-refractivity contribution in [2.45, 2.75) is 20.0 Å². The molecule has 6 heteroatoms. The molecule has 0 aromatic heterocycles. The summed E-state index contributed by atoms with van der Waals surface area (Å²) in [4.78, 5) is 27.4. The molecule has 1 N–H and O–H groups in total. The first-order chi connectivity index (χ1) is 13.6. The van der Waals surface area contributed by atoms with E-state index in [1.54, 1.807) is 4.90 Å². The predicted octanol–water partition coefficient (Wildman–Crippen LogP) is 3.14. The lowest BCUT2D eigenvalue weighted by atomic mass is 10.1. The minimum absolute atomic E-state index is 0.0621. The molecule has 28 heavy (non-hydrogen) atoms. The molecule has 6 nitrogen and oxygen atoms in total. The highest BCUT2D eigenvalue weighted by Gasteiger charge is 2.21. The number of carbonyl (C=O) groups is 2. The molecule has 2 amide bonds. The molecule has 0 spiro atoms. The molecule has 0 saturated carbocycles. The summed E-state index contributed by atoms with van der Waals surface area (Å²) in [6.07, 6.45) is 0.704. The van der Waals surface area contributed by atoms with Gasteiger partial charge in [-0.25, -0.2) is 4.79 Å². The standard InChI is InChI=1S/C22H27N3O3/c1-18(26)23-21-9-7-19(8-10-21)11-12-24-13-15-25(16-14-24)22(27)28-17-20-5-3-2-4-6-20/h2-10H,11-17H2,1H3,(H,23,26). The summed E-state index contributed by atoms with van der Waals surface area (Å²) in [7, 11) is 0. The number of hydrogen-bond donors (Lipinski definition) is 1. The summed E-state index contributed by atoms with van der Waals surface area (Å²) >= 11 is 0. The van der Waals surface area contributed by atoms with Gasteiger partial charge in [-0.15, -0.1) is 0 Å². The number of ether oxygens (including phenoxy) is 1. The fourth-order valence-corrected chi connectivity index (χ4v) is 3.21. The second kappa shape index (κ2) is 9.90. The fourth-order valence-electron chi connectivity index (χ4n) is 3.21. The summed E-state index contributed by atoms with van der Waals surface area (Å²) < 4.78 is 5.41. The monoisotopic (exact) mass is 381 g/mol. The number of piperazine rings is 1. The maximum atomic E-state index is 12.2. The van der Waals surface area contributed by atoms with Crippen LogP contribution in [0.15, 0.2) is 54.6 Å².